The van der Waals surface area contributed by atoms with Crippen molar-refractivity contribution < 1.29 is 22.4 Å². The molecule has 1 aliphatic rings. The summed E-state index contributed by atoms with van der Waals surface area (Å²) in [6.07, 6.45) is 1.64. The van der Waals surface area contributed by atoms with Crippen LogP contribution >= 0.6 is 0 Å². The fraction of sp³-hybridized carbons (Fsp3) is 0.300. The van der Waals surface area contributed by atoms with E-state index in [1.807, 2.05) is 0 Å². The Kier molecular flexibility index (Phi) is 5.99. The Balaban J connectivity index is 1.87. The highest BCUT2D eigenvalue weighted by molar-refractivity contribution is 7.89. The summed E-state index contributed by atoms with van der Waals surface area (Å²) < 4.78 is 40.8. The van der Waals surface area contributed by atoms with Gasteiger partial charge in [-0.15, -0.1) is 0 Å². The van der Waals surface area contributed by atoms with Crippen molar-refractivity contribution in [1.82, 2.24) is 4.31 Å². The molecule has 0 aliphatic carbocycles. The monoisotopic (exact) mass is 419 g/mol. The van der Waals surface area contributed by atoms with E-state index in [1.165, 1.54) is 35.5 Å². The SMILES string of the molecule is CC(=O)Nc1cc(NC(=O)c2cc(S(=O)(=O)N3CCCC3)ccc2C)ccc1F. The Morgan fingerprint density at radius 1 is 1.03 bits per heavy atom. The smallest absolute Gasteiger partial charge is 0.255 e. The van der Waals surface area contributed by atoms with Crippen molar-refractivity contribution in [2.45, 2.75) is 31.6 Å². The van der Waals surface area contributed by atoms with E-state index in [9.17, 15) is 22.4 Å². The molecule has 1 heterocycles. The van der Waals surface area contributed by atoms with Crippen molar-refractivity contribution in [2.24, 2.45) is 0 Å². The van der Waals surface area contributed by atoms with Crippen LogP contribution in [0.2, 0.25) is 0 Å². The van der Waals surface area contributed by atoms with Crippen LogP contribution in [-0.2, 0) is 14.8 Å². The lowest BCUT2D eigenvalue weighted by Crippen LogP contribution is -2.28. The van der Waals surface area contributed by atoms with Gasteiger partial charge in [0, 0.05) is 31.3 Å². The number of hydrogen-bond donors (Lipinski definition) is 2. The molecule has 9 heteroatoms. The summed E-state index contributed by atoms with van der Waals surface area (Å²) in [6, 6.07) is 8.23. The molecule has 0 aromatic heterocycles. The largest absolute Gasteiger partial charge is 0.324 e. The third-order valence-electron chi connectivity index (χ3n) is 4.69. The predicted octanol–water partition coefficient (Wildman–Crippen LogP) is 3.13. The summed E-state index contributed by atoms with van der Waals surface area (Å²) in [6.45, 7) is 3.90. The number of rotatable bonds is 5. The van der Waals surface area contributed by atoms with Gasteiger partial charge in [0.1, 0.15) is 5.82 Å². The van der Waals surface area contributed by atoms with Gasteiger partial charge in [0.05, 0.1) is 10.6 Å². The second kappa shape index (κ2) is 8.30. The van der Waals surface area contributed by atoms with Crippen LogP contribution in [0.15, 0.2) is 41.3 Å². The molecule has 7 nitrogen and oxygen atoms in total. The minimum absolute atomic E-state index is 0.0580. The Morgan fingerprint density at radius 2 is 1.72 bits per heavy atom. The van der Waals surface area contributed by atoms with Crippen molar-refractivity contribution in [1.29, 1.82) is 0 Å². The van der Waals surface area contributed by atoms with E-state index in [2.05, 4.69) is 10.6 Å². The number of anilines is 2. The topological polar surface area (TPSA) is 95.6 Å². The standard InChI is InChI=1S/C20H22FN3O4S/c1-13-5-7-16(29(27,28)24-9-3-4-10-24)12-17(13)20(26)23-15-6-8-18(21)19(11-15)22-14(2)25/h5-8,11-12H,3-4,9-10H2,1-2H3,(H,22,25)(H,23,26). The van der Waals surface area contributed by atoms with E-state index in [0.717, 1.165) is 18.9 Å². The Hall–Kier alpha value is -2.78. The molecule has 1 aliphatic heterocycles. The molecular formula is C20H22FN3O4S. The minimum Gasteiger partial charge on any atom is -0.324 e. The first-order valence-electron chi connectivity index (χ1n) is 9.18. The maximum Gasteiger partial charge on any atom is 0.255 e. The summed E-state index contributed by atoms with van der Waals surface area (Å²) in [5, 5.41) is 4.97. The molecule has 3 rings (SSSR count). The van der Waals surface area contributed by atoms with E-state index in [1.54, 1.807) is 13.0 Å². The van der Waals surface area contributed by atoms with Crippen LogP contribution in [-0.4, -0.2) is 37.6 Å². The molecule has 0 atom stereocenters. The van der Waals surface area contributed by atoms with Gasteiger partial charge >= 0.3 is 0 Å². The molecule has 2 aromatic carbocycles. The quantitative estimate of drug-likeness (QED) is 0.778. The molecule has 2 aromatic rings. The second-order valence-corrected chi connectivity index (χ2v) is 8.86. The molecule has 2 N–H and O–H groups in total. The highest BCUT2D eigenvalue weighted by Crippen LogP contribution is 2.25. The Bertz CT molecular complexity index is 1060. The molecule has 0 saturated carbocycles. The lowest BCUT2D eigenvalue weighted by Gasteiger charge is -2.17. The van der Waals surface area contributed by atoms with Crippen LogP contribution in [0.5, 0.6) is 0 Å². The number of amides is 2. The molecule has 154 valence electrons. The Morgan fingerprint density at radius 3 is 2.38 bits per heavy atom. The average molecular weight is 419 g/mol. The second-order valence-electron chi connectivity index (χ2n) is 6.92. The minimum atomic E-state index is -3.65. The first kappa shape index (κ1) is 20.9. The average Bonchev–Trinajstić information content (AvgIpc) is 3.20. The van der Waals surface area contributed by atoms with Gasteiger partial charge in [-0.25, -0.2) is 12.8 Å². The van der Waals surface area contributed by atoms with E-state index < -0.39 is 27.7 Å². The van der Waals surface area contributed by atoms with Crippen LogP contribution in [0.25, 0.3) is 0 Å². The summed E-state index contributed by atoms with van der Waals surface area (Å²) in [5.41, 5.74) is 1.02. The molecule has 29 heavy (non-hydrogen) atoms. The number of benzene rings is 2. The number of nitrogens with zero attached hydrogens (tertiary/aromatic N) is 1. The number of sulfonamides is 1. The zero-order valence-electron chi connectivity index (χ0n) is 16.2. The number of carbonyl (C=O) groups is 2. The van der Waals surface area contributed by atoms with Gasteiger partial charge < -0.3 is 10.6 Å². The first-order chi connectivity index (χ1) is 13.7. The third kappa shape index (κ3) is 4.63. The summed E-state index contributed by atoms with van der Waals surface area (Å²) in [4.78, 5) is 24.0. The van der Waals surface area contributed by atoms with Crippen molar-refractivity contribution >= 4 is 33.2 Å². The lowest BCUT2D eigenvalue weighted by molar-refractivity contribution is -0.114. The van der Waals surface area contributed by atoms with Gasteiger partial charge in [0.15, 0.2) is 0 Å². The van der Waals surface area contributed by atoms with Gasteiger partial charge in [-0.2, -0.15) is 4.31 Å². The molecule has 0 bridgehead atoms. The van der Waals surface area contributed by atoms with Gasteiger partial charge in [-0.05, 0) is 55.7 Å². The molecule has 0 radical (unpaired) electrons. The van der Waals surface area contributed by atoms with Crippen LogP contribution in [0, 0.1) is 12.7 Å². The number of halogens is 1. The number of hydrogen-bond acceptors (Lipinski definition) is 4. The molecule has 0 spiro atoms. The normalized spacial score (nSPS) is 14.6. The van der Waals surface area contributed by atoms with E-state index >= 15 is 0 Å². The summed E-state index contributed by atoms with van der Waals surface area (Å²) >= 11 is 0. The van der Waals surface area contributed by atoms with Crippen molar-refractivity contribution in [3.05, 3.63) is 53.3 Å². The molecule has 1 saturated heterocycles. The number of carbonyl (C=O) groups excluding carboxylic acids is 2. The zero-order chi connectivity index (χ0) is 21.2. The van der Waals surface area contributed by atoms with Gasteiger partial charge in [0.2, 0.25) is 15.9 Å². The maximum atomic E-state index is 13.8. The highest BCUT2D eigenvalue weighted by atomic mass is 32.2. The fourth-order valence-corrected chi connectivity index (χ4v) is 4.71. The Labute approximate surface area is 169 Å². The van der Waals surface area contributed by atoms with Crippen LogP contribution in [0.1, 0.15) is 35.7 Å². The third-order valence-corrected chi connectivity index (χ3v) is 6.59. The van der Waals surface area contributed by atoms with Gasteiger partial charge in [0.25, 0.3) is 5.91 Å². The molecule has 0 unspecified atom stereocenters. The number of nitrogens with one attached hydrogen (secondary N) is 2. The maximum absolute atomic E-state index is 13.8. The molecule has 1 fully saturated rings. The number of aryl methyl sites for hydroxylation is 1. The summed E-state index contributed by atoms with van der Waals surface area (Å²) in [7, 11) is -3.65. The van der Waals surface area contributed by atoms with E-state index in [4.69, 9.17) is 0 Å². The molecule has 2 amide bonds. The molecular weight excluding hydrogens is 397 g/mol. The van der Waals surface area contributed by atoms with Gasteiger partial charge in [-0.1, -0.05) is 6.07 Å². The highest BCUT2D eigenvalue weighted by Gasteiger charge is 2.28. The van der Waals surface area contributed by atoms with Crippen molar-refractivity contribution in [2.75, 3.05) is 23.7 Å². The van der Waals surface area contributed by atoms with Crippen molar-refractivity contribution in [3.8, 4) is 0 Å². The lowest BCUT2D eigenvalue weighted by atomic mass is 10.1. The van der Waals surface area contributed by atoms with Crippen LogP contribution < -0.4 is 10.6 Å². The van der Waals surface area contributed by atoms with Crippen molar-refractivity contribution in [3.63, 3.8) is 0 Å². The first-order valence-corrected chi connectivity index (χ1v) is 10.6. The van der Waals surface area contributed by atoms with Crippen LogP contribution in [0.4, 0.5) is 15.8 Å². The fourth-order valence-electron chi connectivity index (χ4n) is 3.17. The van der Waals surface area contributed by atoms with E-state index in [-0.39, 0.29) is 21.8 Å². The summed E-state index contributed by atoms with van der Waals surface area (Å²) in [5.74, 6) is -1.60. The zero-order valence-corrected chi connectivity index (χ0v) is 17.0. The van der Waals surface area contributed by atoms with Crippen LogP contribution in [0.3, 0.4) is 0 Å². The predicted molar refractivity (Wildman–Crippen MR) is 108 cm³/mol. The van der Waals surface area contributed by atoms with Gasteiger partial charge in [-0.3, -0.25) is 9.59 Å². The van der Waals surface area contributed by atoms with E-state index in [0.29, 0.717) is 18.7 Å².